The number of benzene rings is 1. The number of imidazole rings is 1. The number of aryl methyl sites for hydroxylation is 4. The average Bonchev–Trinajstić information content (AvgIpc) is 2.49. The van der Waals surface area contributed by atoms with Crippen LogP contribution in [-0.4, -0.2) is 9.55 Å². The van der Waals surface area contributed by atoms with Crippen LogP contribution in [0.2, 0.25) is 0 Å². The fourth-order valence-corrected chi connectivity index (χ4v) is 2.13. The van der Waals surface area contributed by atoms with Crippen LogP contribution in [0.1, 0.15) is 16.7 Å². The predicted octanol–water partition coefficient (Wildman–Crippen LogP) is 3.01. The molecule has 2 nitrogen and oxygen atoms in total. The van der Waals surface area contributed by atoms with Gasteiger partial charge in [0.15, 0.2) is 0 Å². The minimum absolute atomic E-state index is 1.06. The average molecular weight is 200 g/mol. The third kappa shape index (κ3) is 1.80. The summed E-state index contributed by atoms with van der Waals surface area (Å²) in [5.74, 6) is 0. The Morgan fingerprint density at radius 1 is 1.07 bits per heavy atom. The highest BCUT2D eigenvalue weighted by atomic mass is 15.0. The van der Waals surface area contributed by atoms with Crippen LogP contribution in [0.5, 0.6) is 0 Å². The molecule has 0 unspecified atom stereocenters. The Morgan fingerprint density at radius 2 is 1.67 bits per heavy atom. The highest BCUT2D eigenvalue weighted by molar-refractivity contribution is 5.67. The SMILES string of the molecule is Cc1cc(C)c(-c2cn(C)cn2)c(C)c1. The number of hydrogen-bond donors (Lipinski definition) is 0. The van der Waals surface area contributed by atoms with Crippen LogP contribution in [0.25, 0.3) is 11.3 Å². The first-order chi connectivity index (χ1) is 7.08. The molecule has 0 aliphatic rings. The van der Waals surface area contributed by atoms with E-state index in [1.807, 2.05) is 17.9 Å². The molecule has 78 valence electrons. The topological polar surface area (TPSA) is 17.8 Å². The first-order valence-electron chi connectivity index (χ1n) is 5.14. The number of hydrogen-bond acceptors (Lipinski definition) is 1. The van der Waals surface area contributed by atoms with E-state index in [0.717, 1.165) is 5.69 Å². The third-order valence-corrected chi connectivity index (χ3v) is 2.64. The molecule has 0 bridgehead atoms. The second-order valence-electron chi connectivity index (χ2n) is 4.20. The van der Waals surface area contributed by atoms with Crippen molar-refractivity contribution in [2.45, 2.75) is 20.8 Å². The zero-order valence-corrected chi connectivity index (χ0v) is 9.70. The molecule has 0 spiro atoms. The Hall–Kier alpha value is -1.57. The van der Waals surface area contributed by atoms with E-state index in [2.05, 4.69) is 44.1 Å². The summed E-state index contributed by atoms with van der Waals surface area (Å²) in [5, 5.41) is 0. The Morgan fingerprint density at radius 3 is 2.13 bits per heavy atom. The molecular weight excluding hydrogens is 184 g/mol. The fraction of sp³-hybridized carbons (Fsp3) is 0.308. The van der Waals surface area contributed by atoms with E-state index in [9.17, 15) is 0 Å². The maximum Gasteiger partial charge on any atom is 0.0951 e. The number of nitrogens with zero attached hydrogens (tertiary/aromatic N) is 2. The van der Waals surface area contributed by atoms with Gasteiger partial charge in [-0.3, -0.25) is 0 Å². The Labute approximate surface area is 90.6 Å². The second kappa shape index (κ2) is 3.54. The van der Waals surface area contributed by atoms with Gasteiger partial charge in [0, 0.05) is 18.8 Å². The van der Waals surface area contributed by atoms with Crippen molar-refractivity contribution in [1.29, 1.82) is 0 Å². The molecule has 0 fully saturated rings. The van der Waals surface area contributed by atoms with Gasteiger partial charge < -0.3 is 4.57 Å². The van der Waals surface area contributed by atoms with E-state index >= 15 is 0 Å². The monoisotopic (exact) mass is 200 g/mol. The van der Waals surface area contributed by atoms with Crippen LogP contribution < -0.4 is 0 Å². The summed E-state index contributed by atoms with van der Waals surface area (Å²) >= 11 is 0. The number of rotatable bonds is 1. The van der Waals surface area contributed by atoms with Crippen molar-refractivity contribution in [3.63, 3.8) is 0 Å². The van der Waals surface area contributed by atoms with Gasteiger partial charge in [-0.1, -0.05) is 17.7 Å². The van der Waals surface area contributed by atoms with Crippen LogP contribution in [-0.2, 0) is 7.05 Å². The van der Waals surface area contributed by atoms with Gasteiger partial charge in [-0.15, -0.1) is 0 Å². The zero-order valence-electron chi connectivity index (χ0n) is 9.70. The molecule has 0 N–H and O–H groups in total. The quantitative estimate of drug-likeness (QED) is 0.692. The minimum atomic E-state index is 1.06. The number of aromatic nitrogens is 2. The van der Waals surface area contributed by atoms with Gasteiger partial charge in [-0.05, 0) is 31.9 Å². The maximum absolute atomic E-state index is 4.40. The molecule has 0 radical (unpaired) electrons. The smallest absolute Gasteiger partial charge is 0.0951 e. The Balaban J connectivity index is 2.62. The van der Waals surface area contributed by atoms with Gasteiger partial charge in [-0.25, -0.2) is 4.98 Å². The normalized spacial score (nSPS) is 10.7. The van der Waals surface area contributed by atoms with E-state index in [1.54, 1.807) is 0 Å². The lowest BCUT2D eigenvalue weighted by atomic mass is 9.98. The molecule has 2 rings (SSSR count). The van der Waals surface area contributed by atoms with Crippen molar-refractivity contribution in [2.24, 2.45) is 7.05 Å². The standard InChI is InChI=1S/C13H16N2/c1-9-5-10(2)13(11(3)6-9)12-7-15(4)8-14-12/h5-8H,1-4H3. The summed E-state index contributed by atoms with van der Waals surface area (Å²) in [6.45, 7) is 6.41. The van der Waals surface area contributed by atoms with E-state index in [1.165, 1.54) is 22.3 Å². The van der Waals surface area contributed by atoms with Crippen molar-refractivity contribution in [3.8, 4) is 11.3 Å². The van der Waals surface area contributed by atoms with E-state index < -0.39 is 0 Å². The second-order valence-corrected chi connectivity index (χ2v) is 4.20. The maximum atomic E-state index is 4.40. The molecule has 1 aromatic carbocycles. The van der Waals surface area contributed by atoms with E-state index in [0.29, 0.717) is 0 Å². The van der Waals surface area contributed by atoms with E-state index in [4.69, 9.17) is 0 Å². The summed E-state index contributed by atoms with van der Waals surface area (Å²) < 4.78 is 1.98. The molecule has 15 heavy (non-hydrogen) atoms. The molecule has 0 aliphatic heterocycles. The molecule has 0 amide bonds. The first kappa shape index (κ1) is 9.97. The molecule has 0 saturated heterocycles. The summed E-state index contributed by atoms with van der Waals surface area (Å²) in [4.78, 5) is 4.40. The third-order valence-electron chi connectivity index (χ3n) is 2.64. The van der Waals surface area contributed by atoms with Crippen molar-refractivity contribution < 1.29 is 0 Å². The van der Waals surface area contributed by atoms with Gasteiger partial charge >= 0.3 is 0 Å². The highest BCUT2D eigenvalue weighted by Gasteiger charge is 2.08. The molecule has 1 aromatic heterocycles. The molecule has 2 heteroatoms. The van der Waals surface area contributed by atoms with Gasteiger partial charge in [0.25, 0.3) is 0 Å². The van der Waals surface area contributed by atoms with Crippen LogP contribution >= 0.6 is 0 Å². The lowest BCUT2D eigenvalue weighted by molar-refractivity contribution is 0.913. The van der Waals surface area contributed by atoms with Crippen LogP contribution in [0.4, 0.5) is 0 Å². The fourth-order valence-electron chi connectivity index (χ4n) is 2.13. The lowest BCUT2D eigenvalue weighted by Crippen LogP contribution is -1.90. The molecule has 2 aromatic rings. The van der Waals surface area contributed by atoms with Crippen molar-refractivity contribution >= 4 is 0 Å². The Kier molecular flexibility index (Phi) is 2.35. The van der Waals surface area contributed by atoms with Gasteiger partial charge in [0.2, 0.25) is 0 Å². The van der Waals surface area contributed by atoms with Crippen LogP contribution in [0.3, 0.4) is 0 Å². The Bertz CT molecular complexity index is 472. The molecule has 0 atom stereocenters. The minimum Gasteiger partial charge on any atom is -0.340 e. The molecular formula is C13H16N2. The van der Waals surface area contributed by atoms with E-state index in [-0.39, 0.29) is 0 Å². The summed E-state index contributed by atoms with van der Waals surface area (Å²) in [6.07, 6.45) is 3.90. The van der Waals surface area contributed by atoms with Crippen LogP contribution in [0, 0.1) is 20.8 Å². The first-order valence-corrected chi connectivity index (χ1v) is 5.14. The summed E-state index contributed by atoms with van der Waals surface area (Å²) in [6, 6.07) is 4.41. The van der Waals surface area contributed by atoms with Gasteiger partial charge in [0.05, 0.1) is 12.0 Å². The largest absolute Gasteiger partial charge is 0.340 e. The van der Waals surface area contributed by atoms with Gasteiger partial charge in [-0.2, -0.15) is 0 Å². The molecule has 1 heterocycles. The molecule has 0 aliphatic carbocycles. The van der Waals surface area contributed by atoms with Gasteiger partial charge in [0.1, 0.15) is 0 Å². The lowest BCUT2D eigenvalue weighted by Gasteiger charge is -2.08. The highest BCUT2D eigenvalue weighted by Crippen LogP contribution is 2.26. The van der Waals surface area contributed by atoms with Crippen molar-refractivity contribution in [3.05, 3.63) is 41.3 Å². The molecule has 0 saturated carbocycles. The summed E-state index contributed by atoms with van der Waals surface area (Å²) in [7, 11) is 2.00. The predicted molar refractivity (Wildman–Crippen MR) is 62.9 cm³/mol. The van der Waals surface area contributed by atoms with Crippen LogP contribution in [0.15, 0.2) is 24.7 Å². The van der Waals surface area contributed by atoms with Crippen molar-refractivity contribution in [1.82, 2.24) is 9.55 Å². The summed E-state index contributed by atoms with van der Waals surface area (Å²) in [5.41, 5.74) is 6.23. The zero-order chi connectivity index (χ0) is 11.0. The van der Waals surface area contributed by atoms with Crippen molar-refractivity contribution in [2.75, 3.05) is 0 Å².